The first-order valence-electron chi connectivity index (χ1n) is 8.50. The smallest absolute Gasteiger partial charge is 0.226 e. The maximum Gasteiger partial charge on any atom is 0.226 e. The molecule has 0 fully saturated rings. The molecule has 0 aliphatic rings. The molecule has 0 atom stereocenters. The van der Waals surface area contributed by atoms with Crippen molar-refractivity contribution in [2.24, 2.45) is 0 Å². The molecule has 1 N–H and O–H groups in total. The van der Waals surface area contributed by atoms with Crippen LogP contribution in [0, 0.1) is 6.92 Å². The quantitative estimate of drug-likeness (QED) is 0.659. The predicted molar refractivity (Wildman–Crippen MR) is 107 cm³/mol. The van der Waals surface area contributed by atoms with Gasteiger partial charge in [-0.3, -0.25) is 4.79 Å². The van der Waals surface area contributed by atoms with Crippen molar-refractivity contribution in [2.75, 3.05) is 26.6 Å². The summed E-state index contributed by atoms with van der Waals surface area (Å²) in [5.74, 6) is 1.61. The number of aromatic nitrogens is 1. The number of nitrogens with one attached hydrogen (secondary N) is 1. The van der Waals surface area contributed by atoms with Crippen molar-refractivity contribution in [3.63, 3.8) is 0 Å². The first-order chi connectivity index (χ1) is 13.0. The number of amides is 1. The van der Waals surface area contributed by atoms with Crippen LogP contribution in [0.5, 0.6) is 17.2 Å². The lowest BCUT2D eigenvalue weighted by Crippen LogP contribution is -2.12. The average Bonchev–Trinajstić information content (AvgIpc) is 3.09. The fraction of sp³-hybridized carbons (Fsp3) is 0.300. The number of hydrogen-bond donors (Lipinski definition) is 1. The Morgan fingerprint density at radius 1 is 1.11 bits per heavy atom. The van der Waals surface area contributed by atoms with E-state index in [-0.39, 0.29) is 5.91 Å². The van der Waals surface area contributed by atoms with E-state index in [0.29, 0.717) is 35.2 Å². The van der Waals surface area contributed by atoms with Crippen LogP contribution in [-0.4, -0.2) is 32.2 Å². The minimum Gasteiger partial charge on any atom is -0.493 e. The van der Waals surface area contributed by atoms with Gasteiger partial charge in [-0.05, 0) is 42.7 Å². The van der Waals surface area contributed by atoms with E-state index in [0.717, 1.165) is 21.3 Å². The van der Waals surface area contributed by atoms with Gasteiger partial charge in [-0.25, -0.2) is 4.98 Å². The van der Waals surface area contributed by atoms with Crippen molar-refractivity contribution >= 4 is 32.6 Å². The number of nitrogens with zero attached hydrogens (tertiary/aromatic N) is 1. The molecule has 0 bridgehead atoms. The van der Waals surface area contributed by atoms with Crippen molar-refractivity contribution < 1.29 is 19.0 Å². The average molecular weight is 386 g/mol. The van der Waals surface area contributed by atoms with E-state index in [1.807, 2.05) is 37.3 Å². The van der Waals surface area contributed by atoms with Crippen molar-refractivity contribution in [1.29, 1.82) is 0 Å². The van der Waals surface area contributed by atoms with E-state index in [1.165, 1.54) is 11.3 Å². The monoisotopic (exact) mass is 386 g/mol. The number of rotatable bonds is 7. The Morgan fingerprint density at radius 3 is 2.41 bits per heavy atom. The van der Waals surface area contributed by atoms with E-state index in [4.69, 9.17) is 14.2 Å². The highest BCUT2D eigenvalue weighted by Gasteiger charge is 2.14. The number of hydrogen-bond acceptors (Lipinski definition) is 6. The third-order valence-electron chi connectivity index (χ3n) is 4.23. The molecule has 7 heteroatoms. The van der Waals surface area contributed by atoms with Gasteiger partial charge in [0, 0.05) is 6.42 Å². The topological polar surface area (TPSA) is 69.7 Å². The lowest BCUT2D eigenvalue weighted by Gasteiger charge is -2.14. The molecule has 0 saturated carbocycles. The fourth-order valence-electron chi connectivity index (χ4n) is 2.86. The fourth-order valence-corrected chi connectivity index (χ4v) is 3.82. The summed E-state index contributed by atoms with van der Waals surface area (Å²) in [6, 6.07) is 9.72. The number of methoxy groups -OCH3 is 3. The molecule has 27 heavy (non-hydrogen) atoms. The maximum absolute atomic E-state index is 12.3. The molecule has 0 radical (unpaired) electrons. The van der Waals surface area contributed by atoms with Gasteiger partial charge in [-0.2, -0.15) is 0 Å². The molecule has 0 aliphatic heterocycles. The molecule has 3 aromatic rings. The van der Waals surface area contributed by atoms with Crippen LogP contribution >= 0.6 is 11.3 Å². The molecular formula is C20H22N2O4S. The molecule has 0 saturated heterocycles. The zero-order valence-corrected chi connectivity index (χ0v) is 16.6. The summed E-state index contributed by atoms with van der Waals surface area (Å²) in [5, 5.41) is 3.51. The van der Waals surface area contributed by atoms with Crippen molar-refractivity contribution in [3.8, 4) is 17.2 Å². The Hall–Kier alpha value is -2.80. The second-order valence-electron chi connectivity index (χ2n) is 6.02. The highest BCUT2D eigenvalue weighted by atomic mass is 32.1. The number of thiazole rings is 1. The van der Waals surface area contributed by atoms with Crippen LogP contribution in [0.3, 0.4) is 0 Å². The van der Waals surface area contributed by atoms with Crippen LogP contribution in [0.25, 0.3) is 10.2 Å². The number of ether oxygens (including phenoxy) is 3. The first kappa shape index (κ1) is 19.0. The number of benzene rings is 2. The molecule has 6 nitrogen and oxygen atoms in total. The standard InChI is InChI=1S/C20H22N2O4S/c1-12-6-5-7-16-18(12)22-20(27-16)21-17(23)9-8-13-10-14(24-2)19(26-4)15(11-13)25-3/h5-7,10-11H,8-9H2,1-4H3,(H,21,22,23). The number of anilines is 1. The molecule has 1 amide bonds. The highest BCUT2D eigenvalue weighted by molar-refractivity contribution is 7.22. The lowest BCUT2D eigenvalue weighted by molar-refractivity contribution is -0.116. The second kappa shape index (κ2) is 8.26. The molecule has 142 valence electrons. The SMILES string of the molecule is COc1cc(CCC(=O)Nc2nc3c(C)cccc3s2)cc(OC)c1OC. The third-order valence-corrected chi connectivity index (χ3v) is 5.17. The minimum absolute atomic E-state index is 0.0829. The molecule has 2 aromatic carbocycles. The van der Waals surface area contributed by atoms with Crippen molar-refractivity contribution in [3.05, 3.63) is 41.5 Å². The molecule has 0 unspecified atom stereocenters. The summed E-state index contributed by atoms with van der Waals surface area (Å²) >= 11 is 1.48. The Bertz CT molecular complexity index is 943. The highest BCUT2D eigenvalue weighted by Crippen LogP contribution is 2.38. The Balaban J connectivity index is 1.69. The molecule has 1 aromatic heterocycles. The molecular weight excluding hydrogens is 364 g/mol. The van der Waals surface area contributed by atoms with Crippen molar-refractivity contribution in [1.82, 2.24) is 4.98 Å². The van der Waals surface area contributed by atoms with Crippen LogP contribution in [0.15, 0.2) is 30.3 Å². The lowest BCUT2D eigenvalue weighted by atomic mass is 10.1. The van der Waals surface area contributed by atoms with Gasteiger partial charge in [-0.15, -0.1) is 0 Å². The Kier molecular flexibility index (Phi) is 5.81. The Labute approximate surface area is 162 Å². The van der Waals surface area contributed by atoms with E-state index < -0.39 is 0 Å². The van der Waals surface area contributed by atoms with E-state index >= 15 is 0 Å². The van der Waals surface area contributed by atoms with Crippen LogP contribution in [0.1, 0.15) is 17.5 Å². The summed E-state index contributed by atoms with van der Waals surface area (Å²) < 4.78 is 17.1. The first-order valence-corrected chi connectivity index (χ1v) is 9.32. The zero-order chi connectivity index (χ0) is 19.4. The van der Waals surface area contributed by atoms with Crippen LogP contribution in [0.2, 0.25) is 0 Å². The maximum atomic E-state index is 12.3. The summed E-state index contributed by atoms with van der Waals surface area (Å²) in [5.41, 5.74) is 2.96. The Morgan fingerprint density at radius 2 is 1.81 bits per heavy atom. The van der Waals surface area contributed by atoms with Crippen LogP contribution in [0.4, 0.5) is 5.13 Å². The summed E-state index contributed by atoms with van der Waals surface area (Å²) in [7, 11) is 4.71. The van der Waals surface area contributed by atoms with Gasteiger partial charge < -0.3 is 19.5 Å². The number of para-hydroxylation sites is 1. The van der Waals surface area contributed by atoms with E-state index in [9.17, 15) is 4.79 Å². The van der Waals surface area contributed by atoms with Gasteiger partial charge in [0.25, 0.3) is 0 Å². The zero-order valence-electron chi connectivity index (χ0n) is 15.8. The number of aryl methyl sites for hydroxylation is 2. The summed E-state index contributed by atoms with van der Waals surface area (Å²) in [6.07, 6.45) is 0.875. The van der Waals surface area contributed by atoms with Gasteiger partial charge in [-0.1, -0.05) is 23.5 Å². The summed E-state index contributed by atoms with van der Waals surface area (Å²) in [4.78, 5) is 16.9. The molecule has 0 aliphatic carbocycles. The molecule has 1 heterocycles. The second-order valence-corrected chi connectivity index (χ2v) is 7.05. The van der Waals surface area contributed by atoms with Gasteiger partial charge >= 0.3 is 0 Å². The summed E-state index contributed by atoms with van der Waals surface area (Å²) in [6.45, 7) is 2.01. The molecule has 3 rings (SSSR count). The predicted octanol–water partition coefficient (Wildman–Crippen LogP) is 4.20. The van der Waals surface area contributed by atoms with Crippen LogP contribution in [-0.2, 0) is 11.2 Å². The van der Waals surface area contributed by atoms with E-state index in [2.05, 4.69) is 10.3 Å². The third kappa shape index (κ3) is 4.14. The van der Waals surface area contributed by atoms with Gasteiger partial charge in [0.2, 0.25) is 11.7 Å². The number of carbonyl (C=O) groups is 1. The molecule has 0 spiro atoms. The van der Waals surface area contributed by atoms with E-state index in [1.54, 1.807) is 21.3 Å². The number of carbonyl (C=O) groups excluding carboxylic acids is 1. The van der Waals surface area contributed by atoms with Gasteiger partial charge in [0.1, 0.15) is 0 Å². The minimum atomic E-state index is -0.0829. The number of fused-ring (bicyclic) bond motifs is 1. The normalized spacial score (nSPS) is 10.7. The van der Waals surface area contributed by atoms with Crippen LogP contribution < -0.4 is 19.5 Å². The van der Waals surface area contributed by atoms with Crippen molar-refractivity contribution in [2.45, 2.75) is 19.8 Å². The van der Waals surface area contributed by atoms with Gasteiger partial charge in [0.05, 0.1) is 31.5 Å². The largest absolute Gasteiger partial charge is 0.493 e. The van der Waals surface area contributed by atoms with Gasteiger partial charge in [0.15, 0.2) is 16.6 Å².